The van der Waals surface area contributed by atoms with E-state index in [4.69, 9.17) is 23.2 Å². The summed E-state index contributed by atoms with van der Waals surface area (Å²) in [6, 6.07) is 16.4. The van der Waals surface area contributed by atoms with Gasteiger partial charge in [-0.2, -0.15) is 4.31 Å². The number of rotatable bonds is 7. The summed E-state index contributed by atoms with van der Waals surface area (Å²) in [6.45, 7) is 1.26. The van der Waals surface area contributed by atoms with Gasteiger partial charge in [0, 0.05) is 12.2 Å². The van der Waals surface area contributed by atoms with Gasteiger partial charge >= 0.3 is 0 Å². The number of carbonyl (C=O) groups excluding carboxylic acids is 1. The van der Waals surface area contributed by atoms with E-state index in [1.54, 1.807) is 30.3 Å². The van der Waals surface area contributed by atoms with Crippen LogP contribution in [0.25, 0.3) is 0 Å². The smallest absolute Gasteiger partial charge is 0.243 e. The second kappa shape index (κ2) is 9.78. The number of nitrogens with zero attached hydrogens (tertiary/aromatic N) is 1. The van der Waals surface area contributed by atoms with Crippen molar-refractivity contribution in [2.24, 2.45) is 0 Å². The Morgan fingerprint density at radius 1 is 1.00 bits per heavy atom. The Balaban J connectivity index is 1.90. The van der Waals surface area contributed by atoms with Crippen LogP contribution in [0.15, 0.2) is 71.6 Å². The van der Waals surface area contributed by atoms with E-state index in [2.05, 4.69) is 5.32 Å². The van der Waals surface area contributed by atoms with Crippen molar-refractivity contribution in [3.8, 4) is 0 Å². The number of nitrogens with one attached hydrogen (secondary N) is 1. The van der Waals surface area contributed by atoms with E-state index in [1.807, 2.05) is 6.92 Å². The van der Waals surface area contributed by atoms with E-state index in [9.17, 15) is 17.6 Å². The topological polar surface area (TPSA) is 66.5 Å². The monoisotopic (exact) mass is 480 g/mol. The molecule has 0 spiro atoms. The van der Waals surface area contributed by atoms with Crippen molar-refractivity contribution in [3.05, 3.63) is 93.7 Å². The average molecular weight is 481 g/mol. The zero-order valence-corrected chi connectivity index (χ0v) is 18.8. The molecule has 0 aliphatic heterocycles. The van der Waals surface area contributed by atoms with Gasteiger partial charge < -0.3 is 5.32 Å². The number of halogens is 3. The number of aryl methyl sites for hydroxylation is 1. The third-order valence-corrected chi connectivity index (χ3v) is 6.97. The van der Waals surface area contributed by atoms with Crippen LogP contribution < -0.4 is 5.32 Å². The largest absolute Gasteiger partial charge is 0.325 e. The van der Waals surface area contributed by atoms with Gasteiger partial charge in [0.15, 0.2) is 0 Å². The van der Waals surface area contributed by atoms with Crippen LogP contribution >= 0.6 is 23.2 Å². The summed E-state index contributed by atoms with van der Waals surface area (Å²) in [5.74, 6) is -1.13. The molecular formula is C22H19Cl2FN2O3S. The van der Waals surface area contributed by atoms with E-state index in [0.29, 0.717) is 10.6 Å². The molecule has 0 aliphatic rings. The van der Waals surface area contributed by atoms with Gasteiger partial charge in [-0.1, -0.05) is 53.0 Å². The highest BCUT2D eigenvalue weighted by Gasteiger charge is 2.27. The first-order valence-corrected chi connectivity index (χ1v) is 11.4. The summed E-state index contributed by atoms with van der Waals surface area (Å²) in [4.78, 5) is 12.6. The Bertz CT molecular complexity index is 1200. The number of benzene rings is 3. The third kappa shape index (κ3) is 6.04. The van der Waals surface area contributed by atoms with Crippen molar-refractivity contribution < 1.29 is 17.6 Å². The van der Waals surface area contributed by atoms with E-state index in [1.165, 1.54) is 30.3 Å². The highest BCUT2D eigenvalue weighted by molar-refractivity contribution is 7.89. The van der Waals surface area contributed by atoms with Crippen LogP contribution in [-0.2, 0) is 21.4 Å². The maximum Gasteiger partial charge on any atom is 0.243 e. The van der Waals surface area contributed by atoms with Crippen molar-refractivity contribution in [2.45, 2.75) is 18.4 Å². The Kier molecular flexibility index (Phi) is 7.33. The van der Waals surface area contributed by atoms with Crippen molar-refractivity contribution in [2.75, 3.05) is 11.9 Å². The molecule has 0 unspecified atom stereocenters. The molecule has 1 amide bonds. The fraction of sp³-hybridized carbons (Fsp3) is 0.136. The molecule has 0 bridgehead atoms. The summed E-state index contributed by atoms with van der Waals surface area (Å²) in [6.07, 6.45) is 0. The predicted molar refractivity (Wildman–Crippen MR) is 120 cm³/mol. The Morgan fingerprint density at radius 2 is 1.71 bits per heavy atom. The first-order valence-electron chi connectivity index (χ1n) is 9.21. The quantitative estimate of drug-likeness (QED) is 0.500. The summed E-state index contributed by atoms with van der Waals surface area (Å²) in [7, 11) is -4.01. The van der Waals surface area contributed by atoms with E-state index < -0.39 is 28.3 Å². The highest BCUT2D eigenvalue weighted by Crippen LogP contribution is 2.25. The van der Waals surface area contributed by atoms with Crippen molar-refractivity contribution in [1.29, 1.82) is 0 Å². The molecule has 0 radical (unpaired) electrons. The number of sulfonamides is 1. The van der Waals surface area contributed by atoms with Crippen molar-refractivity contribution >= 4 is 44.8 Å². The fourth-order valence-electron chi connectivity index (χ4n) is 2.85. The van der Waals surface area contributed by atoms with Gasteiger partial charge in [0.05, 0.1) is 21.5 Å². The van der Waals surface area contributed by atoms with Crippen molar-refractivity contribution in [1.82, 2.24) is 4.31 Å². The first-order chi connectivity index (χ1) is 14.6. The molecule has 3 aromatic rings. The van der Waals surface area contributed by atoms with Crippen LogP contribution in [0.1, 0.15) is 11.1 Å². The van der Waals surface area contributed by atoms with Gasteiger partial charge in [-0.3, -0.25) is 4.79 Å². The van der Waals surface area contributed by atoms with E-state index >= 15 is 0 Å². The molecule has 0 saturated heterocycles. The van der Waals surface area contributed by atoms with Gasteiger partial charge in [0.25, 0.3) is 0 Å². The maximum absolute atomic E-state index is 13.4. The van der Waals surface area contributed by atoms with Gasteiger partial charge in [0.2, 0.25) is 15.9 Å². The molecule has 0 aliphatic carbocycles. The SMILES string of the molecule is Cc1ccc(S(=O)(=O)N(CC(=O)Nc2cccc(F)c2)Cc2ccc(Cl)c(Cl)c2)cc1. The van der Waals surface area contributed by atoms with Crippen LogP contribution in [0.2, 0.25) is 10.0 Å². The Hall–Kier alpha value is -2.45. The fourth-order valence-corrected chi connectivity index (χ4v) is 4.56. The average Bonchev–Trinajstić information content (AvgIpc) is 2.70. The maximum atomic E-state index is 13.4. The van der Waals surface area contributed by atoms with Crippen LogP contribution in [0.5, 0.6) is 0 Å². The molecule has 0 saturated carbocycles. The predicted octanol–water partition coefficient (Wildman–Crippen LogP) is 5.27. The Labute approximate surface area is 190 Å². The van der Waals surface area contributed by atoms with Gasteiger partial charge in [0.1, 0.15) is 5.82 Å². The molecule has 162 valence electrons. The standard InChI is InChI=1S/C22H19Cl2FN2O3S/c1-15-5-8-19(9-6-15)31(29,30)27(13-16-7-10-20(23)21(24)11-16)14-22(28)26-18-4-2-3-17(25)12-18/h2-12H,13-14H2,1H3,(H,26,28). The minimum atomic E-state index is -4.01. The van der Waals surface area contributed by atoms with E-state index in [-0.39, 0.29) is 22.2 Å². The third-order valence-electron chi connectivity index (χ3n) is 4.43. The van der Waals surface area contributed by atoms with Gasteiger partial charge in [-0.25, -0.2) is 12.8 Å². The number of hydrogen-bond donors (Lipinski definition) is 1. The number of anilines is 1. The normalized spacial score (nSPS) is 11.5. The molecule has 9 heteroatoms. The molecule has 0 fully saturated rings. The molecule has 31 heavy (non-hydrogen) atoms. The molecule has 0 aromatic heterocycles. The number of hydrogen-bond acceptors (Lipinski definition) is 3. The van der Waals surface area contributed by atoms with Crippen molar-refractivity contribution in [3.63, 3.8) is 0 Å². The lowest BCUT2D eigenvalue weighted by Gasteiger charge is -2.22. The van der Waals surface area contributed by atoms with E-state index in [0.717, 1.165) is 15.9 Å². The van der Waals surface area contributed by atoms with Gasteiger partial charge in [-0.05, 0) is 55.0 Å². The first kappa shape index (κ1) is 23.2. The molecule has 0 atom stereocenters. The van der Waals surface area contributed by atoms with Gasteiger partial charge in [-0.15, -0.1) is 0 Å². The van der Waals surface area contributed by atoms with Crippen LogP contribution in [0.3, 0.4) is 0 Å². The lowest BCUT2D eigenvalue weighted by Crippen LogP contribution is -2.37. The minimum Gasteiger partial charge on any atom is -0.325 e. The number of amides is 1. The summed E-state index contributed by atoms with van der Waals surface area (Å²) >= 11 is 12.0. The lowest BCUT2D eigenvalue weighted by molar-refractivity contribution is -0.116. The second-order valence-corrected chi connectivity index (χ2v) is 9.65. The Morgan fingerprint density at radius 3 is 2.35 bits per heavy atom. The zero-order chi connectivity index (χ0) is 22.6. The molecule has 0 heterocycles. The summed E-state index contributed by atoms with van der Waals surface area (Å²) in [5.41, 5.74) is 1.69. The number of carbonyl (C=O) groups is 1. The summed E-state index contributed by atoms with van der Waals surface area (Å²) in [5, 5.41) is 3.13. The van der Waals surface area contributed by atoms with Crippen LogP contribution in [0.4, 0.5) is 10.1 Å². The molecule has 3 aromatic carbocycles. The molecule has 1 N–H and O–H groups in total. The highest BCUT2D eigenvalue weighted by atomic mass is 35.5. The zero-order valence-electron chi connectivity index (χ0n) is 16.5. The second-order valence-electron chi connectivity index (χ2n) is 6.89. The minimum absolute atomic E-state index is 0.0525. The van der Waals surface area contributed by atoms with Crippen LogP contribution in [0, 0.1) is 12.7 Å². The summed E-state index contributed by atoms with van der Waals surface area (Å²) < 4.78 is 41.0. The molecular weight excluding hydrogens is 462 g/mol. The van der Waals surface area contributed by atoms with Crippen LogP contribution in [-0.4, -0.2) is 25.2 Å². The lowest BCUT2D eigenvalue weighted by atomic mass is 10.2. The molecule has 5 nitrogen and oxygen atoms in total. The molecule has 3 rings (SSSR count).